The fraction of sp³-hybridized carbons (Fsp3) is 0.231. The second-order valence-corrected chi connectivity index (χ2v) is 9.07. The SMILES string of the molecule is Cc1ccc(C)c(N2C[C@@H](C(=O)OCC(=O)c3ccc(OC(=O)c4cccs4)cc3)CC2=O)c1. The Bertz CT molecular complexity index is 1230. The highest BCUT2D eigenvalue weighted by Crippen LogP contribution is 2.29. The van der Waals surface area contributed by atoms with Crippen molar-refractivity contribution in [1.82, 2.24) is 0 Å². The first-order chi connectivity index (χ1) is 16.3. The van der Waals surface area contributed by atoms with E-state index in [0.29, 0.717) is 16.2 Å². The lowest BCUT2D eigenvalue weighted by Gasteiger charge is -2.19. The van der Waals surface area contributed by atoms with E-state index in [1.165, 1.54) is 35.6 Å². The van der Waals surface area contributed by atoms with E-state index in [-0.39, 0.29) is 24.7 Å². The van der Waals surface area contributed by atoms with Gasteiger partial charge in [-0.05, 0) is 66.8 Å². The lowest BCUT2D eigenvalue weighted by Crippen LogP contribution is -2.27. The molecule has 0 bridgehead atoms. The van der Waals surface area contributed by atoms with Gasteiger partial charge in [0.2, 0.25) is 5.91 Å². The van der Waals surface area contributed by atoms with E-state index >= 15 is 0 Å². The number of thiophene rings is 1. The van der Waals surface area contributed by atoms with Crippen molar-refractivity contribution in [2.24, 2.45) is 5.92 Å². The highest BCUT2D eigenvalue weighted by Gasteiger charge is 2.37. The van der Waals surface area contributed by atoms with Gasteiger partial charge in [0.25, 0.3) is 0 Å². The van der Waals surface area contributed by atoms with Crippen LogP contribution in [0.4, 0.5) is 5.69 Å². The maximum absolute atomic E-state index is 12.5. The van der Waals surface area contributed by atoms with Gasteiger partial charge in [-0.3, -0.25) is 14.4 Å². The topological polar surface area (TPSA) is 90.0 Å². The Morgan fingerprint density at radius 2 is 1.82 bits per heavy atom. The Balaban J connectivity index is 1.30. The molecule has 0 saturated carbocycles. The van der Waals surface area contributed by atoms with Gasteiger partial charge in [0.1, 0.15) is 10.6 Å². The van der Waals surface area contributed by atoms with Crippen LogP contribution in [0.2, 0.25) is 0 Å². The summed E-state index contributed by atoms with van der Waals surface area (Å²) in [6, 6.07) is 15.3. The summed E-state index contributed by atoms with van der Waals surface area (Å²) in [6.45, 7) is 3.66. The summed E-state index contributed by atoms with van der Waals surface area (Å²) in [5, 5.41) is 1.78. The highest BCUT2D eigenvalue weighted by atomic mass is 32.1. The molecule has 4 rings (SSSR count). The number of hydrogen-bond acceptors (Lipinski definition) is 7. The lowest BCUT2D eigenvalue weighted by atomic mass is 10.1. The van der Waals surface area contributed by atoms with Crippen molar-refractivity contribution in [2.45, 2.75) is 20.3 Å². The summed E-state index contributed by atoms with van der Waals surface area (Å²) < 4.78 is 10.5. The van der Waals surface area contributed by atoms with E-state index in [4.69, 9.17) is 9.47 Å². The van der Waals surface area contributed by atoms with Gasteiger partial charge >= 0.3 is 11.9 Å². The fourth-order valence-corrected chi connectivity index (χ4v) is 4.31. The zero-order valence-corrected chi connectivity index (χ0v) is 19.6. The zero-order chi connectivity index (χ0) is 24.2. The van der Waals surface area contributed by atoms with Crippen LogP contribution in [0.5, 0.6) is 5.75 Å². The number of hydrogen-bond donors (Lipinski definition) is 0. The number of ether oxygens (including phenoxy) is 2. The molecule has 8 heteroatoms. The number of ketones is 1. The van der Waals surface area contributed by atoms with Gasteiger partial charge in [0.05, 0.1) is 5.92 Å². The first kappa shape index (κ1) is 23.4. The molecule has 3 aromatic rings. The van der Waals surface area contributed by atoms with E-state index in [1.54, 1.807) is 22.4 Å². The fourth-order valence-electron chi connectivity index (χ4n) is 3.71. The molecule has 7 nitrogen and oxygen atoms in total. The maximum atomic E-state index is 12.5. The quantitative estimate of drug-likeness (QED) is 0.285. The Morgan fingerprint density at radius 1 is 1.06 bits per heavy atom. The molecule has 1 amide bonds. The molecule has 0 spiro atoms. The molecular weight excluding hydrogens is 454 g/mol. The van der Waals surface area contributed by atoms with Crippen LogP contribution in [-0.4, -0.2) is 36.8 Å². The molecule has 1 aliphatic heterocycles. The largest absolute Gasteiger partial charge is 0.457 e. The summed E-state index contributed by atoms with van der Waals surface area (Å²) >= 11 is 1.28. The van der Waals surface area contributed by atoms with Crippen molar-refractivity contribution in [2.75, 3.05) is 18.1 Å². The number of aryl methyl sites for hydroxylation is 2. The molecular formula is C26H23NO6S. The summed E-state index contributed by atoms with van der Waals surface area (Å²) in [4.78, 5) is 51.6. The molecule has 0 radical (unpaired) electrons. The minimum absolute atomic E-state index is 0.0463. The highest BCUT2D eigenvalue weighted by molar-refractivity contribution is 7.12. The van der Waals surface area contributed by atoms with Gasteiger partial charge in [-0.2, -0.15) is 0 Å². The third-order valence-electron chi connectivity index (χ3n) is 5.57. The molecule has 2 aromatic carbocycles. The second-order valence-electron chi connectivity index (χ2n) is 8.12. The van der Waals surface area contributed by atoms with Crippen molar-refractivity contribution in [3.8, 4) is 5.75 Å². The number of Topliss-reactive ketones (excluding diaryl/α,β-unsaturated/α-hetero) is 1. The minimum atomic E-state index is -0.626. The number of benzene rings is 2. The van der Waals surface area contributed by atoms with Crippen LogP contribution in [0.1, 0.15) is 37.6 Å². The minimum Gasteiger partial charge on any atom is -0.457 e. The summed E-state index contributed by atoms with van der Waals surface area (Å²) in [6.07, 6.45) is 0.0463. The molecule has 34 heavy (non-hydrogen) atoms. The molecule has 1 saturated heterocycles. The Morgan fingerprint density at radius 3 is 2.53 bits per heavy atom. The van der Waals surface area contributed by atoms with Gasteiger partial charge in [-0.25, -0.2) is 4.79 Å². The van der Waals surface area contributed by atoms with Crippen LogP contribution < -0.4 is 9.64 Å². The van der Waals surface area contributed by atoms with Crippen LogP contribution in [-0.2, 0) is 14.3 Å². The van der Waals surface area contributed by atoms with Crippen molar-refractivity contribution in [3.63, 3.8) is 0 Å². The van der Waals surface area contributed by atoms with Crippen LogP contribution in [0.25, 0.3) is 0 Å². The van der Waals surface area contributed by atoms with Crippen molar-refractivity contribution in [1.29, 1.82) is 0 Å². The molecule has 0 unspecified atom stereocenters. The number of carbonyl (C=O) groups excluding carboxylic acids is 4. The zero-order valence-electron chi connectivity index (χ0n) is 18.8. The van der Waals surface area contributed by atoms with E-state index in [2.05, 4.69) is 0 Å². The average Bonchev–Trinajstić information content (AvgIpc) is 3.50. The number of amides is 1. The van der Waals surface area contributed by atoms with Crippen LogP contribution in [0, 0.1) is 19.8 Å². The molecule has 1 aliphatic rings. The van der Waals surface area contributed by atoms with Crippen LogP contribution in [0.15, 0.2) is 60.0 Å². The van der Waals surface area contributed by atoms with Crippen molar-refractivity contribution < 1.29 is 28.7 Å². The van der Waals surface area contributed by atoms with Gasteiger partial charge < -0.3 is 14.4 Å². The second kappa shape index (κ2) is 10.0. The average molecular weight is 478 g/mol. The summed E-state index contributed by atoms with van der Waals surface area (Å²) in [5.41, 5.74) is 3.09. The monoisotopic (exact) mass is 477 g/mol. The normalized spacial score (nSPS) is 15.3. The van der Waals surface area contributed by atoms with Gasteiger partial charge in [0.15, 0.2) is 12.4 Å². The third-order valence-corrected chi connectivity index (χ3v) is 6.42. The molecule has 1 aromatic heterocycles. The molecule has 1 fully saturated rings. The first-order valence-electron chi connectivity index (χ1n) is 10.7. The number of esters is 2. The number of nitrogens with zero attached hydrogens (tertiary/aromatic N) is 1. The van der Waals surface area contributed by atoms with Gasteiger partial charge in [-0.15, -0.1) is 11.3 Å². The predicted molar refractivity (Wildman–Crippen MR) is 127 cm³/mol. The molecule has 0 N–H and O–H groups in total. The predicted octanol–water partition coefficient (Wildman–Crippen LogP) is 4.36. The Kier molecular flexibility index (Phi) is 6.88. The van der Waals surface area contributed by atoms with E-state index in [1.807, 2.05) is 32.0 Å². The van der Waals surface area contributed by atoms with Crippen molar-refractivity contribution >= 4 is 40.7 Å². The standard InChI is InChI=1S/C26H23NO6S/c1-16-5-6-17(2)21(12-16)27-14-19(13-24(27)29)25(30)32-15-22(28)18-7-9-20(10-8-18)33-26(31)23-4-3-11-34-23/h3-12,19H,13-15H2,1-2H3/t19-/m0/s1. The van der Waals surface area contributed by atoms with Crippen molar-refractivity contribution in [3.05, 3.63) is 81.5 Å². The molecule has 0 aliphatic carbocycles. The smallest absolute Gasteiger partial charge is 0.353 e. The molecule has 174 valence electrons. The van der Waals surface area contributed by atoms with Crippen LogP contribution in [0.3, 0.4) is 0 Å². The third kappa shape index (κ3) is 5.23. The maximum Gasteiger partial charge on any atom is 0.353 e. The summed E-state index contributed by atoms with van der Waals surface area (Å²) in [7, 11) is 0. The number of anilines is 1. The Labute approximate surface area is 200 Å². The van der Waals surface area contributed by atoms with E-state index in [0.717, 1.165) is 16.8 Å². The van der Waals surface area contributed by atoms with Crippen LogP contribution >= 0.6 is 11.3 Å². The van der Waals surface area contributed by atoms with Gasteiger partial charge in [-0.1, -0.05) is 18.2 Å². The number of carbonyl (C=O) groups is 4. The summed E-state index contributed by atoms with van der Waals surface area (Å²) in [5.74, 6) is -1.89. The van der Waals surface area contributed by atoms with Gasteiger partial charge in [0, 0.05) is 24.2 Å². The van der Waals surface area contributed by atoms with E-state index in [9.17, 15) is 19.2 Å². The Hall–Kier alpha value is -3.78. The van der Waals surface area contributed by atoms with E-state index < -0.39 is 24.5 Å². The molecule has 1 atom stereocenters. The lowest BCUT2D eigenvalue weighted by molar-refractivity contribution is -0.147. The number of rotatable bonds is 7. The first-order valence-corrected chi connectivity index (χ1v) is 11.6. The molecule has 2 heterocycles.